The van der Waals surface area contributed by atoms with Crippen LogP contribution in [0.4, 0.5) is 0 Å². The van der Waals surface area contributed by atoms with E-state index in [0.29, 0.717) is 0 Å². The van der Waals surface area contributed by atoms with Crippen LogP contribution in [-0.2, 0) is 4.74 Å². The van der Waals surface area contributed by atoms with Crippen molar-refractivity contribution in [2.45, 2.75) is 44.7 Å². The fourth-order valence-corrected chi connectivity index (χ4v) is 3.51. The molecular weight excluding hydrogens is 250 g/mol. The van der Waals surface area contributed by atoms with E-state index >= 15 is 0 Å². The Bertz CT molecular complexity index is 272. The third-order valence-electron chi connectivity index (χ3n) is 4.83. The Balaban J connectivity index is 1.71. The maximum Gasteiger partial charge on any atom is 0.0594 e. The summed E-state index contributed by atoms with van der Waals surface area (Å²) in [6, 6.07) is 1.55. The second kappa shape index (κ2) is 8.32. The quantitative estimate of drug-likeness (QED) is 0.659. The van der Waals surface area contributed by atoms with Crippen molar-refractivity contribution < 1.29 is 4.74 Å². The van der Waals surface area contributed by atoms with Gasteiger partial charge >= 0.3 is 0 Å². The minimum atomic E-state index is 0.738. The Morgan fingerprint density at radius 3 is 2.75 bits per heavy atom. The number of fused-ring (bicyclic) bond motifs is 1. The predicted molar refractivity (Wildman–Crippen MR) is 84.2 cm³/mol. The highest BCUT2D eigenvalue weighted by atomic mass is 16.5. The van der Waals surface area contributed by atoms with Crippen molar-refractivity contribution in [3.63, 3.8) is 0 Å². The second-order valence-electron chi connectivity index (χ2n) is 6.62. The molecule has 118 valence electrons. The molecule has 0 N–H and O–H groups in total. The Morgan fingerprint density at radius 1 is 1.15 bits per heavy atom. The van der Waals surface area contributed by atoms with Crippen molar-refractivity contribution >= 4 is 0 Å². The van der Waals surface area contributed by atoms with Crippen molar-refractivity contribution in [1.29, 1.82) is 0 Å². The van der Waals surface area contributed by atoms with E-state index in [1.54, 1.807) is 0 Å². The molecule has 0 aromatic rings. The molecule has 20 heavy (non-hydrogen) atoms. The molecular formula is C16H33N3O. The summed E-state index contributed by atoms with van der Waals surface area (Å²) in [6.45, 7) is 10.1. The molecule has 2 atom stereocenters. The number of hydrogen-bond donors (Lipinski definition) is 0. The Kier molecular flexibility index (Phi) is 6.75. The van der Waals surface area contributed by atoms with Crippen LogP contribution >= 0.6 is 0 Å². The number of piperazine rings is 1. The minimum Gasteiger partial charge on any atom is -0.379 e. The van der Waals surface area contributed by atoms with Crippen LogP contribution in [0.5, 0.6) is 0 Å². The van der Waals surface area contributed by atoms with Crippen molar-refractivity contribution in [1.82, 2.24) is 14.7 Å². The molecule has 4 heteroatoms. The lowest BCUT2D eigenvalue weighted by molar-refractivity contribution is -0.00835. The zero-order chi connectivity index (χ0) is 14.4. The first-order valence-electron chi connectivity index (χ1n) is 8.41. The molecule has 0 amide bonds. The third-order valence-corrected chi connectivity index (χ3v) is 4.83. The van der Waals surface area contributed by atoms with Crippen LogP contribution < -0.4 is 0 Å². The van der Waals surface area contributed by atoms with Gasteiger partial charge in [-0.15, -0.1) is 0 Å². The van der Waals surface area contributed by atoms with Gasteiger partial charge in [-0.1, -0.05) is 13.3 Å². The van der Waals surface area contributed by atoms with E-state index in [0.717, 1.165) is 38.4 Å². The maximum absolute atomic E-state index is 5.78. The van der Waals surface area contributed by atoms with Crippen LogP contribution in [0.1, 0.15) is 32.6 Å². The molecule has 0 aliphatic carbocycles. The standard InChI is InChI=1S/C16H33N3O/c1-4-15-13-18-8-6-5-7-16(18)14-19(15)10-12-20-11-9-17(2)3/h15-16H,4-14H2,1-3H3. The van der Waals surface area contributed by atoms with E-state index in [4.69, 9.17) is 4.74 Å². The zero-order valence-electron chi connectivity index (χ0n) is 13.7. The normalized spacial score (nSPS) is 28.8. The van der Waals surface area contributed by atoms with Gasteiger partial charge in [-0.05, 0) is 39.9 Å². The summed E-state index contributed by atoms with van der Waals surface area (Å²) in [5.41, 5.74) is 0. The van der Waals surface area contributed by atoms with Crippen molar-refractivity contribution in [3.05, 3.63) is 0 Å². The first-order chi connectivity index (χ1) is 9.70. The zero-order valence-corrected chi connectivity index (χ0v) is 13.7. The number of piperidine rings is 1. The molecule has 0 spiro atoms. The number of hydrogen-bond acceptors (Lipinski definition) is 4. The fraction of sp³-hybridized carbons (Fsp3) is 1.00. The van der Waals surface area contributed by atoms with Crippen LogP contribution in [-0.4, -0.2) is 86.8 Å². The molecule has 2 rings (SSSR count). The van der Waals surface area contributed by atoms with E-state index in [1.807, 2.05) is 0 Å². The van der Waals surface area contributed by atoms with Gasteiger partial charge in [-0.25, -0.2) is 0 Å². The third kappa shape index (κ3) is 4.69. The Labute approximate surface area is 125 Å². The van der Waals surface area contributed by atoms with Gasteiger partial charge in [0.15, 0.2) is 0 Å². The van der Waals surface area contributed by atoms with Gasteiger partial charge in [-0.2, -0.15) is 0 Å². The summed E-state index contributed by atoms with van der Waals surface area (Å²) in [5, 5.41) is 0. The number of likely N-dealkylation sites (N-methyl/N-ethyl adjacent to an activating group) is 1. The summed E-state index contributed by atoms with van der Waals surface area (Å²) in [6.07, 6.45) is 5.49. The first kappa shape index (κ1) is 16.2. The lowest BCUT2D eigenvalue weighted by Crippen LogP contribution is -2.59. The highest BCUT2D eigenvalue weighted by molar-refractivity contribution is 4.90. The van der Waals surface area contributed by atoms with E-state index in [1.165, 1.54) is 45.3 Å². The molecule has 2 heterocycles. The van der Waals surface area contributed by atoms with Crippen LogP contribution in [0, 0.1) is 0 Å². The van der Waals surface area contributed by atoms with E-state index in [9.17, 15) is 0 Å². The molecule has 0 radical (unpaired) electrons. The van der Waals surface area contributed by atoms with Crippen LogP contribution in [0.15, 0.2) is 0 Å². The SMILES string of the molecule is CCC1CN2CCCCC2CN1CCOCCN(C)C. The fourth-order valence-electron chi connectivity index (χ4n) is 3.51. The average molecular weight is 283 g/mol. The van der Waals surface area contributed by atoms with Gasteiger partial charge in [0.1, 0.15) is 0 Å². The smallest absolute Gasteiger partial charge is 0.0594 e. The molecule has 2 aliphatic heterocycles. The molecule has 0 aromatic carbocycles. The Morgan fingerprint density at radius 2 is 2.00 bits per heavy atom. The van der Waals surface area contributed by atoms with E-state index < -0.39 is 0 Å². The number of nitrogens with zero attached hydrogens (tertiary/aromatic N) is 3. The van der Waals surface area contributed by atoms with Gasteiger partial charge in [0.2, 0.25) is 0 Å². The molecule has 0 saturated carbocycles. The highest BCUT2D eigenvalue weighted by Crippen LogP contribution is 2.24. The summed E-state index contributed by atoms with van der Waals surface area (Å²) in [7, 11) is 4.19. The minimum absolute atomic E-state index is 0.738. The van der Waals surface area contributed by atoms with Crippen molar-refractivity contribution in [2.75, 3.05) is 60.0 Å². The molecule has 2 aliphatic rings. The predicted octanol–water partition coefficient (Wildman–Crippen LogP) is 1.51. The lowest BCUT2D eigenvalue weighted by Gasteiger charge is -2.48. The van der Waals surface area contributed by atoms with Crippen LogP contribution in [0.2, 0.25) is 0 Å². The van der Waals surface area contributed by atoms with Gasteiger partial charge in [0.05, 0.1) is 13.2 Å². The summed E-state index contributed by atoms with van der Waals surface area (Å²) < 4.78 is 5.78. The van der Waals surface area contributed by atoms with Crippen molar-refractivity contribution in [3.8, 4) is 0 Å². The molecule has 0 aromatic heterocycles. The molecule has 2 fully saturated rings. The van der Waals surface area contributed by atoms with Gasteiger partial charge in [0, 0.05) is 38.3 Å². The molecule has 2 unspecified atom stereocenters. The Hall–Kier alpha value is -0.160. The van der Waals surface area contributed by atoms with Gasteiger partial charge in [-0.3, -0.25) is 9.80 Å². The topological polar surface area (TPSA) is 19.0 Å². The van der Waals surface area contributed by atoms with Gasteiger partial charge in [0.25, 0.3) is 0 Å². The number of rotatable bonds is 7. The highest BCUT2D eigenvalue weighted by Gasteiger charge is 2.33. The molecule has 2 saturated heterocycles. The lowest BCUT2D eigenvalue weighted by atomic mass is 9.96. The van der Waals surface area contributed by atoms with E-state index in [2.05, 4.69) is 35.7 Å². The van der Waals surface area contributed by atoms with E-state index in [-0.39, 0.29) is 0 Å². The van der Waals surface area contributed by atoms with Crippen LogP contribution in [0.3, 0.4) is 0 Å². The molecule has 4 nitrogen and oxygen atoms in total. The van der Waals surface area contributed by atoms with Gasteiger partial charge < -0.3 is 9.64 Å². The van der Waals surface area contributed by atoms with Crippen LogP contribution in [0.25, 0.3) is 0 Å². The summed E-state index contributed by atoms with van der Waals surface area (Å²) >= 11 is 0. The second-order valence-corrected chi connectivity index (χ2v) is 6.62. The summed E-state index contributed by atoms with van der Waals surface area (Å²) in [5.74, 6) is 0. The first-order valence-corrected chi connectivity index (χ1v) is 8.41. The largest absolute Gasteiger partial charge is 0.379 e. The molecule has 0 bridgehead atoms. The summed E-state index contributed by atoms with van der Waals surface area (Å²) in [4.78, 5) is 7.60. The maximum atomic E-state index is 5.78. The number of ether oxygens (including phenoxy) is 1. The average Bonchev–Trinajstić information content (AvgIpc) is 2.45. The van der Waals surface area contributed by atoms with Crippen molar-refractivity contribution in [2.24, 2.45) is 0 Å². The monoisotopic (exact) mass is 283 g/mol.